The molecule has 0 aliphatic carbocycles. The van der Waals surface area contributed by atoms with Crippen molar-refractivity contribution in [3.8, 4) is 21.9 Å². The second-order valence-electron chi connectivity index (χ2n) is 6.26. The van der Waals surface area contributed by atoms with Crippen LogP contribution < -0.4 is 20.3 Å². The van der Waals surface area contributed by atoms with Gasteiger partial charge >= 0.3 is 0 Å². The number of thiophene rings is 1. The fourth-order valence-electron chi connectivity index (χ4n) is 2.91. The van der Waals surface area contributed by atoms with Gasteiger partial charge in [0.2, 0.25) is 0 Å². The zero-order valence-corrected chi connectivity index (χ0v) is 16.1. The number of aryl methyl sites for hydroxylation is 2. The average Bonchev–Trinajstić information content (AvgIpc) is 3.32. The van der Waals surface area contributed by atoms with E-state index in [-0.39, 0.29) is 5.91 Å². The van der Waals surface area contributed by atoms with Crippen LogP contribution in [-0.4, -0.2) is 25.0 Å². The number of carbonyl (C=O) groups excluding carboxylic acids is 2. The van der Waals surface area contributed by atoms with E-state index in [0.29, 0.717) is 40.9 Å². The van der Waals surface area contributed by atoms with Crippen molar-refractivity contribution in [1.82, 2.24) is 10.9 Å². The second kappa shape index (κ2) is 7.40. The average molecular weight is 398 g/mol. The van der Waals surface area contributed by atoms with E-state index in [1.54, 1.807) is 26.0 Å². The maximum atomic E-state index is 12.4. The normalized spacial score (nSPS) is 12.5. The van der Waals surface area contributed by atoms with Crippen LogP contribution in [0, 0.1) is 13.8 Å². The first kappa shape index (κ1) is 18.1. The molecule has 2 N–H and O–H groups in total. The summed E-state index contributed by atoms with van der Waals surface area (Å²) in [6.45, 7) is 4.51. The van der Waals surface area contributed by atoms with Crippen LogP contribution in [0.2, 0.25) is 0 Å². The molecule has 2 amide bonds. The molecule has 0 radical (unpaired) electrons. The number of amides is 2. The number of rotatable bonds is 3. The Labute approximate surface area is 165 Å². The molecule has 0 fully saturated rings. The summed E-state index contributed by atoms with van der Waals surface area (Å²) in [6, 6.07) is 10.9. The topological polar surface area (TPSA) is 89.8 Å². The lowest BCUT2D eigenvalue weighted by Gasteiger charge is -2.18. The number of nitrogens with one attached hydrogen (secondary N) is 2. The number of benzene rings is 1. The van der Waals surface area contributed by atoms with Crippen molar-refractivity contribution in [2.24, 2.45) is 0 Å². The lowest BCUT2D eigenvalue weighted by molar-refractivity contribution is 0.0848. The zero-order chi connectivity index (χ0) is 19.7. The van der Waals surface area contributed by atoms with Gasteiger partial charge in [-0.1, -0.05) is 0 Å². The summed E-state index contributed by atoms with van der Waals surface area (Å²) >= 11 is 1.32. The summed E-state index contributed by atoms with van der Waals surface area (Å²) in [4.78, 5) is 25.9. The van der Waals surface area contributed by atoms with E-state index < -0.39 is 5.91 Å². The lowest BCUT2D eigenvalue weighted by atomic mass is 10.1. The Bertz CT molecular complexity index is 1050. The molecule has 0 unspecified atom stereocenters. The predicted molar refractivity (Wildman–Crippen MR) is 104 cm³/mol. The van der Waals surface area contributed by atoms with Crippen molar-refractivity contribution in [2.75, 3.05) is 13.2 Å². The molecule has 8 heteroatoms. The number of hydrogen-bond acceptors (Lipinski definition) is 6. The fraction of sp³-hybridized carbons (Fsp3) is 0.200. The van der Waals surface area contributed by atoms with Crippen molar-refractivity contribution in [1.29, 1.82) is 0 Å². The van der Waals surface area contributed by atoms with Gasteiger partial charge in [-0.2, -0.15) is 0 Å². The number of fused-ring (bicyclic) bond motifs is 1. The minimum Gasteiger partial charge on any atom is -0.486 e. The largest absolute Gasteiger partial charge is 0.486 e. The van der Waals surface area contributed by atoms with Gasteiger partial charge in [0, 0.05) is 4.88 Å². The molecular weight excluding hydrogens is 380 g/mol. The van der Waals surface area contributed by atoms with Crippen LogP contribution in [0.1, 0.15) is 31.6 Å². The second-order valence-corrected chi connectivity index (χ2v) is 7.34. The van der Waals surface area contributed by atoms with Crippen LogP contribution in [0.15, 0.2) is 40.8 Å². The van der Waals surface area contributed by atoms with Gasteiger partial charge in [-0.05, 0) is 55.8 Å². The molecule has 2 aromatic heterocycles. The fourth-order valence-corrected chi connectivity index (χ4v) is 3.81. The highest BCUT2D eigenvalue weighted by molar-refractivity contribution is 7.17. The molecule has 3 aromatic rings. The summed E-state index contributed by atoms with van der Waals surface area (Å²) in [7, 11) is 0. The molecule has 0 spiro atoms. The Hall–Kier alpha value is -3.26. The van der Waals surface area contributed by atoms with E-state index in [4.69, 9.17) is 13.9 Å². The van der Waals surface area contributed by atoms with E-state index in [9.17, 15) is 9.59 Å². The van der Waals surface area contributed by atoms with Crippen molar-refractivity contribution in [3.05, 3.63) is 58.4 Å². The minimum absolute atomic E-state index is 0.389. The molecule has 1 aromatic carbocycles. The maximum Gasteiger partial charge on any atom is 0.279 e. The molecule has 3 heterocycles. The molecule has 7 nitrogen and oxygen atoms in total. The summed E-state index contributed by atoms with van der Waals surface area (Å²) in [5.74, 6) is 1.74. The molecule has 28 heavy (non-hydrogen) atoms. The van der Waals surface area contributed by atoms with Crippen molar-refractivity contribution in [2.45, 2.75) is 13.8 Å². The Kier molecular flexibility index (Phi) is 4.79. The van der Waals surface area contributed by atoms with Gasteiger partial charge in [0.1, 0.15) is 24.7 Å². The number of carbonyl (C=O) groups is 2. The third kappa shape index (κ3) is 3.59. The number of ether oxygens (including phenoxy) is 2. The van der Waals surface area contributed by atoms with E-state index in [0.717, 1.165) is 16.2 Å². The Morgan fingerprint density at radius 2 is 1.68 bits per heavy atom. The van der Waals surface area contributed by atoms with Crippen LogP contribution in [-0.2, 0) is 0 Å². The molecule has 1 aliphatic rings. The monoisotopic (exact) mass is 398 g/mol. The molecule has 0 saturated carbocycles. The Balaban J connectivity index is 1.43. The van der Waals surface area contributed by atoms with Crippen LogP contribution in [0.5, 0.6) is 11.5 Å². The SMILES string of the molecule is Cc1cc(C(=O)NNC(=O)c2ccc(-c3ccc4c(c3)OCCO4)s2)c(C)o1. The molecule has 0 saturated heterocycles. The summed E-state index contributed by atoms with van der Waals surface area (Å²) < 4.78 is 16.5. The molecule has 1 aliphatic heterocycles. The van der Waals surface area contributed by atoms with Crippen molar-refractivity contribution >= 4 is 23.2 Å². The van der Waals surface area contributed by atoms with Gasteiger partial charge in [0.05, 0.1) is 10.4 Å². The van der Waals surface area contributed by atoms with E-state index in [2.05, 4.69) is 10.9 Å². The number of hydrazine groups is 1. The summed E-state index contributed by atoms with van der Waals surface area (Å²) in [5, 5.41) is 0. The molecule has 144 valence electrons. The Morgan fingerprint density at radius 3 is 2.43 bits per heavy atom. The highest BCUT2D eigenvalue weighted by atomic mass is 32.1. The van der Waals surface area contributed by atoms with Gasteiger partial charge in [-0.15, -0.1) is 11.3 Å². The predicted octanol–water partition coefficient (Wildman–Crippen LogP) is 3.47. The highest BCUT2D eigenvalue weighted by Gasteiger charge is 2.17. The first-order valence-electron chi connectivity index (χ1n) is 8.69. The van der Waals surface area contributed by atoms with E-state index in [1.807, 2.05) is 24.3 Å². The van der Waals surface area contributed by atoms with Gasteiger partial charge in [-0.25, -0.2) is 0 Å². The van der Waals surface area contributed by atoms with Crippen LogP contribution >= 0.6 is 11.3 Å². The lowest BCUT2D eigenvalue weighted by Crippen LogP contribution is -2.41. The van der Waals surface area contributed by atoms with Gasteiger partial charge in [0.15, 0.2) is 11.5 Å². The molecule has 0 bridgehead atoms. The van der Waals surface area contributed by atoms with Crippen LogP contribution in [0.25, 0.3) is 10.4 Å². The van der Waals surface area contributed by atoms with Gasteiger partial charge in [-0.3, -0.25) is 20.4 Å². The minimum atomic E-state index is -0.425. The maximum absolute atomic E-state index is 12.4. The zero-order valence-electron chi connectivity index (χ0n) is 15.3. The highest BCUT2D eigenvalue weighted by Crippen LogP contribution is 2.36. The summed E-state index contributed by atoms with van der Waals surface area (Å²) in [6.07, 6.45) is 0. The smallest absolute Gasteiger partial charge is 0.279 e. The van der Waals surface area contributed by atoms with Crippen molar-refractivity contribution < 1.29 is 23.5 Å². The summed E-state index contributed by atoms with van der Waals surface area (Å²) in [5.41, 5.74) is 6.17. The molecule has 4 rings (SSSR count). The third-order valence-electron chi connectivity index (χ3n) is 4.23. The molecule has 0 atom stereocenters. The first-order valence-corrected chi connectivity index (χ1v) is 9.50. The third-order valence-corrected chi connectivity index (χ3v) is 5.36. The van der Waals surface area contributed by atoms with E-state index >= 15 is 0 Å². The van der Waals surface area contributed by atoms with Gasteiger partial charge in [0.25, 0.3) is 11.8 Å². The standard InChI is InChI=1S/C20H18N2O5S/c1-11-9-14(12(2)27-11)19(23)21-22-20(24)18-6-5-17(28-18)13-3-4-15-16(10-13)26-8-7-25-15/h3-6,9-10H,7-8H2,1-2H3,(H,21,23)(H,22,24). The molecular formula is C20H18N2O5S. The van der Waals surface area contributed by atoms with Crippen molar-refractivity contribution in [3.63, 3.8) is 0 Å². The van der Waals surface area contributed by atoms with E-state index in [1.165, 1.54) is 11.3 Å². The van der Waals surface area contributed by atoms with Gasteiger partial charge < -0.3 is 13.9 Å². The number of furan rings is 1. The quantitative estimate of drug-likeness (QED) is 0.660. The van der Waals surface area contributed by atoms with Crippen LogP contribution in [0.4, 0.5) is 0 Å². The van der Waals surface area contributed by atoms with Crippen LogP contribution in [0.3, 0.4) is 0 Å². The number of hydrogen-bond donors (Lipinski definition) is 2. The first-order chi connectivity index (χ1) is 13.5. The Morgan fingerprint density at radius 1 is 0.929 bits per heavy atom.